The van der Waals surface area contributed by atoms with Crippen molar-refractivity contribution < 1.29 is 9.84 Å². The van der Waals surface area contributed by atoms with Crippen LogP contribution in [0.4, 0.5) is 0 Å². The van der Waals surface area contributed by atoms with Gasteiger partial charge in [0.05, 0.1) is 24.7 Å². The third kappa shape index (κ3) is 1.06. The molecule has 0 radical (unpaired) electrons. The maximum Gasteiger partial charge on any atom is 0.0959 e. The lowest BCUT2D eigenvalue weighted by molar-refractivity contribution is 0.127. The summed E-state index contributed by atoms with van der Waals surface area (Å²) in [5.41, 5.74) is 0. The van der Waals surface area contributed by atoms with Gasteiger partial charge in [-0.2, -0.15) is 0 Å². The highest BCUT2D eigenvalue weighted by atomic mass is 35.5. The predicted octanol–water partition coefficient (Wildman–Crippen LogP) is -0.0151. The number of hydrogen-bond donors (Lipinski definition) is 1. The van der Waals surface area contributed by atoms with Crippen LogP contribution in [-0.4, -0.2) is 29.8 Å². The van der Waals surface area contributed by atoms with Crippen molar-refractivity contribution in [3.8, 4) is 0 Å². The van der Waals surface area contributed by atoms with E-state index in [4.69, 9.17) is 21.4 Å². The molecule has 3 heteroatoms. The molecule has 0 amide bonds. The van der Waals surface area contributed by atoms with Crippen molar-refractivity contribution in [1.82, 2.24) is 0 Å². The highest BCUT2D eigenvalue weighted by molar-refractivity contribution is 6.21. The zero-order valence-corrected chi connectivity index (χ0v) is 4.56. The van der Waals surface area contributed by atoms with Crippen LogP contribution in [0.25, 0.3) is 0 Å². The van der Waals surface area contributed by atoms with Gasteiger partial charge in [0.2, 0.25) is 0 Å². The molecule has 2 atom stereocenters. The van der Waals surface area contributed by atoms with Crippen LogP contribution in [-0.2, 0) is 4.74 Å². The zero-order chi connectivity index (χ0) is 5.28. The largest absolute Gasteiger partial charge is 0.389 e. The van der Waals surface area contributed by atoms with Crippen molar-refractivity contribution in [2.24, 2.45) is 0 Å². The van der Waals surface area contributed by atoms with Crippen molar-refractivity contribution >= 4 is 11.6 Å². The second kappa shape index (κ2) is 1.99. The van der Waals surface area contributed by atoms with E-state index < -0.39 is 6.10 Å². The molecule has 1 saturated heterocycles. The van der Waals surface area contributed by atoms with Crippen molar-refractivity contribution in [3.05, 3.63) is 0 Å². The van der Waals surface area contributed by atoms with Gasteiger partial charge in [-0.25, -0.2) is 0 Å². The quantitative estimate of drug-likeness (QED) is 0.458. The van der Waals surface area contributed by atoms with Gasteiger partial charge in [0.25, 0.3) is 0 Å². The average molecular weight is 123 g/mol. The first kappa shape index (κ1) is 5.35. The Kier molecular flexibility index (Phi) is 1.52. The minimum Gasteiger partial charge on any atom is -0.389 e. The SMILES string of the molecule is O[C@H]1COC[C@H]1Cl. The van der Waals surface area contributed by atoms with Crippen LogP contribution in [0.15, 0.2) is 0 Å². The smallest absolute Gasteiger partial charge is 0.0959 e. The molecule has 1 heterocycles. The fourth-order valence-electron chi connectivity index (χ4n) is 0.517. The van der Waals surface area contributed by atoms with Gasteiger partial charge in [-0.05, 0) is 0 Å². The molecule has 1 aliphatic heterocycles. The number of aliphatic hydroxyl groups excluding tert-OH is 1. The third-order valence-electron chi connectivity index (χ3n) is 0.983. The highest BCUT2D eigenvalue weighted by Gasteiger charge is 2.22. The van der Waals surface area contributed by atoms with Gasteiger partial charge < -0.3 is 9.84 Å². The maximum atomic E-state index is 8.74. The summed E-state index contributed by atoms with van der Waals surface area (Å²) < 4.78 is 4.79. The molecule has 0 unspecified atom stereocenters. The topological polar surface area (TPSA) is 29.5 Å². The Morgan fingerprint density at radius 3 is 2.43 bits per heavy atom. The molecule has 7 heavy (non-hydrogen) atoms. The standard InChI is InChI=1S/C4H7ClO2/c5-3-1-7-2-4(3)6/h3-4,6H,1-2H2/t3-,4+/m1/s1. The summed E-state index contributed by atoms with van der Waals surface area (Å²) in [5, 5.41) is 8.56. The summed E-state index contributed by atoms with van der Waals surface area (Å²) in [5.74, 6) is 0. The molecule has 0 aromatic heterocycles. The Hall–Kier alpha value is 0.210. The van der Waals surface area contributed by atoms with Gasteiger partial charge in [-0.1, -0.05) is 0 Å². The summed E-state index contributed by atoms with van der Waals surface area (Å²) in [6, 6.07) is 0. The normalized spacial score (nSPS) is 42.0. The maximum absolute atomic E-state index is 8.74. The van der Waals surface area contributed by atoms with E-state index in [1.165, 1.54) is 0 Å². The second-order valence-electron chi connectivity index (χ2n) is 1.62. The molecule has 0 saturated carbocycles. The second-order valence-corrected chi connectivity index (χ2v) is 2.18. The van der Waals surface area contributed by atoms with Crippen molar-refractivity contribution in [3.63, 3.8) is 0 Å². The Morgan fingerprint density at radius 2 is 2.29 bits per heavy atom. The Morgan fingerprint density at radius 1 is 1.57 bits per heavy atom. The monoisotopic (exact) mass is 122 g/mol. The van der Waals surface area contributed by atoms with Gasteiger partial charge in [-0.3, -0.25) is 0 Å². The molecule has 42 valence electrons. The fourth-order valence-corrected chi connectivity index (χ4v) is 0.679. The van der Waals surface area contributed by atoms with Crippen molar-refractivity contribution in [2.45, 2.75) is 11.5 Å². The van der Waals surface area contributed by atoms with E-state index in [1.54, 1.807) is 0 Å². The summed E-state index contributed by atoms with van der Waals surface area (Å²) in [4.78, 5) is 0. The molecular formula is C4H7ClO2. The molecular weight excluding hydrogens is 115 g/mol. The highest BCUT2D eigenvalue weighted by Crippen LogP contribution is 2.10. The molecule has 1 aliphatic rings. The van der Waals surface area contributed by atoms with Gasteiger partial charge in [0.1, 0.15) is 0 Å². The molecule has 2 nitrogen and oxygen atoms in total. The number of aliphatic hydroxyl groups is 1. The minimum absolute atomic E-state index is 0.181. The summed E-state index contributed by atoms with van der Waals surface area (Å²) in [7, 11) is 0. The van der Waals surface area contributed by atoms with E-state index in [2.05, 4.69) is 0 Å². The first-order valence-electron chi connectivity index (χ1n) is 2.20. The molecule has 0 aromatic rings. The number of ether oxygens (including phenoxy) is 1. The summed E-state index contributed by atoms with van der Waals surface area (Å²) >= 11 is 5.49. The molecule has 0 aliphatic carbocycles. The van der Waals surface area contributed by atoms with Crippen LogP contribution in [0, 0.1) is 0 Å². The van der Waals surface area contributed by atoms with Gasteiger partial charge >= 0.3 is 0 Å². The summed E-state index contributed by atoms with van der Waals surface area (Å²) in [6.07, 6.45) is -0.443. The van der Waals surface area contributed by atoms with Crippen LogP contribution in [0.2, 0.25) is 0 Å². The number of hydrogen-bond acceptors (Lipinski definition) is 2. The van der Waals surface area contributed by atoms with E-state index >= 15 is 0 Å². The molecule has 1 N–H and O–H groups in total. The Bertz CT molecular complexity index is 58.7. The van der Waals surface area contributed by atoms with E-state index in [-0.39, 0.29) is 5.38 Å². The lowest BCUT2D eigenvalue weighted by atomic mass is 10.3. The van der Waals surface area contributed by atoms with E-state index in [1.807, 2.05) is 0 Å². The van der Waals surface area contributed by atoms with Crippen LogP contribution in [0.5, 0.6) is 0 Å². The van der Waals surface area contributed by atoms with Crippen LogP contribution in [0.3, 0.4) is 0 Å². The Balaban J connectivity index is 2.33. The van der Waals surface area contributed by atoms with Gasteiger partial charge in [-0.15, -0.1) is 11.6 Å². The molecule has 1 fully saturated rings. The van der Waals surface area contributed by atoms with Crippen molar-refractivity contribution in [2.75, 3.05) is 13.2 Å². The lowest BCUT2D eigenvalue weighted by Gasteiger charge is -1.98. The van der Waals surface area contributed by atoms with E-state index in [9.17, 15) is 0 Å². The molecule has 0 aromatic carbocycles. The van der Waals surface area contributed by atoms with Crippen LogP contribution >= 0.6 is 11.6 Å². The van der Waals surface area contributed by atoms with Gasteiger partial charge in [0.15, 0.2) is 0 Å². The third-order valence-corrected chi connectivity index (χ3v) is 1.40. The summed E-state index contributed by atoms with van der Waals surface area (Å²) in [6.45, 7) is 0.886. The zero-order valence-electron chi connectivity index (χ0n) is 3.80. The van der Waals surface area contributed by atoms with Crippen LogP contribution < -0.4 is 0 Å². The average Bonchev–Trinajstić information content (AvgIpc) is 1.91. The molecule has 0 bridgehead atoms. The van der Waals surface area contributed by atoms with Crippen molar-refractivity contribution in [1.29, 1.82) is 0 Å². The minimum atomic E-state index is -0.443. The van der Waals surface area contributed by atoms with E-state index in [0.29, 0.717) is 13.2 Å². The number of halogens is 1. The predicted molar refractivity (Wildman–Crippen MR) is 26.5 cm³/mol. The lowest BCUT2D eigenvalue weighted by Crippen LogP contribution is -2.16. The molecule has 1 rings (SSSR count). The van der Waals surface area contributed by atoms with Gasteiger partial charge in [0, 0.05) is 0 Å². The number of alkyl halides is 1. The Labute approximate surface area is 47.0 Å². The number of rotatable bonds is 0. The fraction of sp³-hybridized carbons (Fsp3) is 1.00. The van der Waals surface area contributed by atoms with E-state index in [0.717, 1.165) is 0 Å². The first-order chi connectivity index (χ1) is 3.30. The van der Waals surface area contributed by atoms with Crippen LogP contribution in [0.1, 0.15) is 0 Å². The molecule has 0 spiro atoms. The first-order valence-corrected chi connectivity index (χ1v) is 2.64.